The zero-order chi connectivity index (χ0) is 14.0. The average Bonchev–Trinajstić information content (AvgIpc) is 2.74. The molecule has 2 heterocycles. The monoisotopic (exact) mass is 378 g/mol. The van der Waals surface area contributed by atoms with Gasteiger partial charge in [-0.05, 0) is 28.1 Å². The van der Waals surface area contributed by atoms with Crippen LogP contribution in [0, 0.1) is 0 Å². The number of hydrogen-bond acceptors (Lipinski definition) is 6. The Hall–Kier alpha value is -1.10. The van der Waals surface area contributed by atoms with Crippen LogP contribution in [0.5, 0.6) is 0 Å². The van der Waals surface area contributed by atoms with Crippen LogP contribution < -0.4 is 10.5 Å². The highest BCUT2D eigenvalue weighted by atomic mass is 79.9. The molecule has 0 radical (unpaired) electrons. The molecule has 0 aliphatic heterocycles. The highest BCUT2D eigenvalue weighted by Crippen LogP contribution is 2.26. The molecule has 0 amide bonds. The molecule has 0 saturated carbocycles. The summed E-state index contributed by atoms with van der Waals surface area (Å²) in [7, 11) is -3.83. The Morgan fingerprint density at radius 3 is 2.79 bits per heavy atom. The van der Waals surface area contributed by atoms with E-state index in [-0.39, 0.29) is 20.7 Å². The zero-order valence-corrected chi connectivity index (χ0v) is 13.2. The maximum absolute atomic E-state index is 12.2. The molecule has 0 unspecified atom stereocenters. The van der Waals surface area contributed by atoms with Crippen LogP contribution in [0.1, 0.15) is 5.69 Å². The van der Waals surface area contributed by atoms with Crippen molar-refractivity contribution in [3.8, 4) is 0 Å². The number of thiazole rings is 1. The standard InChI is InChI=1S/C9H7BrN4O2S3/c10-6-4-13-9(18-6)14-19(15,16)5-2-1-3-12-7(5)8(11)17/h1-4H,(H2,11,17)(H,13,14). The Bertz CT molecular complexity index is 729. The number of nitrogens with zero attached hydrogens (tertiary/aromatic N) is 2. The van der Waals surface area contributed by atoms with Gasteiger partial charge in [0.25, 0.3) is 10.0 Å². The van der Waals surface area contributed by atoms with Crippen LogP contribution in [0.25, 0.3) is 0 Å². The third kappa shape index (κ3) is 3.26. The largest absolute Gasteiger partial charge is 0.388 e. The summed E-state index contributed by atoms with van der Waals surface area (Å²) in [6.45, 7) is 0. The molecule has 2 rings (SSSR count). The van der Waals surface area contributed by atoms with Gasteiger partial charge in [-0.2, -0.15) is 0 Å². The normalized spacial score (nSPS) is 11.2. The molecule has 0 aliphatic rings. The van der Waals surface area contributed by atoms with E-state index in [0.717, 1.165) is 11.3 Å². The molecule has 0 saturated heterocycles. The molecule has 6 nitrogen and oxygen atoms in total. The van der Waals surface area contributed by atoms with E-state index in [4.69, 9.17) is 18.0 Å². The fourth-order valence-electron chi connectivity index (χ4n) is 1.26. The smallest absolute Gasteiger partial charge is 0.265 e. The van der Waals surface area contributed by atoms with Gasteiger partial charge in [-0.25, -0.2) is 13.4 Å². The van der Waals surface area contributed by atoms with Gasteiger partial charge < -0.3 is 5.73 Å². The number of nitrogens with one attached hydrogen (secondary N) is 1. The highest BCUT2D eigenvalue weighted by Gasteiger charge is 2.21. The molecule has 0 fully saturated rings. The number of sulfonamides is 1. The lowest BCUT2D eigenvalue weighted by Gasteiger charge is -2.08. The van der Waals surface area contributed by atoms with Crippen molar-refractivity contribution in [1.82, 2.24) is 9.97 Å². The van der Waals surface area contributed by atoms with Crippen molar-refractivity contribution in [2.45, 2.75) is 4.90 Å². The Balaban J connectivity index is 2.43. The van der Waals surface area contributed by atoms with E-state index in [1.807, 2.05) is 0 Å². The number of halogens is 1. The first-order valence-corrected chi connectivity index (χ1v) is 8.29. The summed E-state index contributed by atoms with van der Waals surface area (Å²) in [5.74, 6) is 0. The molecule has 0 spiro atoms. The predicted octanol–water partition coefficient (Wildman–Crippen LogP) is 1.74. The molecular weight excluding hydrogens is 372 g/mol. The van der Waals surface area contributed by atoms with Gasteiger partial charge in [-0.3, -0.25) is 9.71 Å². The molecule has 2 aromatic heterocycles. The van der Waals surface area contributed by atoms with Gasteiger partial charge in [0.1, 0.15) is 15.6 Å². The molecule has 19 heavy (non-hydrogen) atoms. The quantitative estimate of drug-likeness (QED) is 0.786. The summed E-state index contributed by atoms with van der Waals surface area (Å²) in [6.07, 6.45) is 2.92. The van der Waals surface area contributed by atoms with Gasteiger partial charge in [-0.15, -0.1) is 0 Å². The maximum Gasteiger partial charge on any atom is 0.265 e. The molecule has 10 heteroatoms. The number of anilines is 1. The van der Waals surface area contributed by atoms with Crippen molar-refractivity contribution in [2.75, 3.05) is 4.72 Å². The second-order valence-electron chi connectivity index (χ2n) is 3.29. The predicted molar refractivity (Wildman–Crippen MR) is 80.7 cm³/mol. The number of rotatable bonds is 4. The van der Waals surface area contributed by atoms with Crippen LogP contribution in [0.4, 0.5) is 5.13 Å². The van der Waals surface area contributed by atoms with Crippen molar-refractivity contribution in [3.63, 3.8) is 0 Å². The van der Waals surface area contributed by atoms with Crippen molar-refractivity contribution in [1.29, 1.82) is 0 Å². The molecule has 2 aromatic rings. The minimum Gasteiger partial charge on any atom is -0.388 e. The van der Waals surface area contributed by atoms with Gasteiger partial charge in [0.2, 0.25) is 0 Å². The van der Waals surface area contributed by atoms with Crippen LogP contribution in [-0.2, 0) is 10.0 Å². The summed E-state index contributed by atoms with van der Waals surface area (Å²) in [5.41, 5.74) is 5.52. The first kappa shape index (κ1) is 14.3. The summed E-state index contributed by atoms with van der Waals surface area (Å²) in [6, 6.07) is 2.88. The highest BCUT2D eigenvalue weighted by molar-refractivity contribution is 9.11. The Morgan fingerprint density at radius 2 is 2.21 bits per heavy atom. The number of nitrogens with two attached hydrogens (primary N) is 1. The molecular formula is C9H7BrN4O2S3. The summed E-state index contributed by atoms with van der Waals surface area (Å²) >= 11 is 9.15. The number of thiocarbonyl (C=S) groups is 1. The maximum atomic E-state index is 12.2. The number of pyridine rings is 1. The molecule has 0 aliphatic carbocycles. The van der Waals surface area contributed by atoms with Crippen LogP contribution >= 0.6 is 39.5 Å². The van der Waals surface area contributed by atoms with E-state index in [1.54, 1.807) is 0 Å². The minimum absolute atomic E-state index is 0.0561. The van der Waals surface area contributed by atoms with Gasteiger partial charge in [0, 0.05) is 6.20 Å². The van der Waals surface area contributed by atoms with Crippen LogP contribution in [-0.4, -0.2) is 23.4 Å². The second-order valence-corrected chi connectivity index (χ2v) is 7.79. The summed E-state index contributed by atoms with van der Waals surface area (Å²) in [5, 5.41) is 0.240. The second kappa shape index (κ2) is 5.49. The molecule has 0 atom stereocenters. The third-order valence-electron chi connectivity index (χ3n) is 1.99. The fraction of sp³-hybridized carbons (Fsp3) is 0. The van der Waals surface area contributed by atoms with Gasteiger partial charge in [0.05, 0.1) is 9.98 Å². The van der Waals surface area contributed by atoms with Gasteiger partial charge >= 0.3 is 0 Å². The Morgan fingerprint density at radius 1 is 1.47 bits per heavy atom. The van der Waals surface area contributed by atoms with Gasteiger partial charge in [-0.1, -0.05) is 23.6 Å². The molecule has 0 bridgehead atoms. The lowest BCUT2D eigenvalue weighted by Crippen LogP contribution is -2.21. The van der Waals surface area contributed by atoms with Crippen LogP contribution in [0.15, 0.2) is 33.2 Å². The molecule has 100 valence electrons. The molecule has 0 aromatic carbocycles. The third-order valence-corrected chi connectivity index (χ3v) is 5.08. The van der Waals surface area contributed by atoms with E-state index in [1.165, 1.54) is 24.5 Å². The first-order valence-electron chi connectivity index (χ1n) is 4.79. The van der Waals surface area contributed by atoms with Crippen molar-refractivity contribution in [3.05, 3.63) is 34.0 Å². The van der Waals surface area contributed by atoms with E-state index in [0.29, 0.717) is 3.79 Å². The van der Waals surface area contributed by atoms with Crippen LogP contribution in [0.3, 0.4) is 0 Å². The average molecular weight is 379 g/mol. The first-order chi connectivity index (χ1) is 8.90. The minimum atomic E-state index is -3.83. The van der Waals surface area contributed by atoms with Gasteiger partial charge in [0.15, 0.2) is 5.13 Å². The van der Waals surface area contributed by atoms with E-state index < -0.39 is 10.0 Å². The summed E-state index contributed by atoms with van der Waals surface area (Å²) < 4.78 is 27.5. The van der Waals surface area contributed by atoms with Crippen molar-refractivity contribution in [2.24, 2.45) is 5.73 Å². The van der Waals surface area contributed by atoms with Crippen LogP contribution in [0.2, 0.25) is 0 Å². The Labute approximate surface area is 127 Å². The lowest BCUT2D eigenvalue weighted by molar-refractivity contribution is 0.600. The zero-order valence-electron chi connectivity index (χ0n) is 9.20. The Kier molecular flexibility index (Phi) is 4.13. The van der Waals surface area contributed by atoms with E-state index in [2.05, 4.69) is 30.6 Å². The summed E-state index contributed by atoms with van der Waals surface area (Å²) in [4.78, 5) is 7.62. The number of hydrogen-bond donors (Lipinski definition) is 2. The van der Waals surface area contributed by atoms with Crippen molar-refractivity contribution < 1.29 is 8.42 Å². The molecule has 3 N–H and O–H groups in total. The lowest BCUT2D eigenvalue weighted by atomic mass is 10.3. The van der Waals surface area contributed by atoms with Crippen molar-refractivity contribution >= 4 is 59.6 Å². The SMILES string of the molecule is NC(=S)c1ncccc1S(=O)(=O)Nc1ncc(Br)s1. The fourth-order valence-corrected chi connectivity index (χ4v) is 4.01. The van der Waals surface area contributed by atoms with E-state index >= 15 is 0 Å². The van der Waals surface area contributed by atoms with E-state index in [9.17, 15) is 8.42 Å². The topological polar surface area (TPSA) is 98.0 Å². The number of aromatic nitrogens is 2.